The van der Waals surface area contributed by atoms with E-state index in [0.717, 1.165) is 54.9 Å². The minimum Gasteiger partial charge on any atom is -0.421 e. The van der Waals surface area contributed by atoms with Crippen molar-refractivity contribution in [3.8, 4) is 22.6 Å². The second kappa shape index (κ2) is 12.1. The first-order valence-corrected chi connectivity index (χ1v) is 14.6. The number of hydrogen-bond acceptors (Lipinski definition) is 8. The monoisotopic (exact) mass is 551 g/mol. The molecule has 3 atom stereocenters. The predicted molar refractivity (Wildman–Crippen MR) is 161 cm³/mol. The van der Waals surface area contributed by atoms with E-state index in [1.54, 1.807) is 13.0 Å². The Morgan fingerprint density at radius 1 is 0.927 bits per heavy atom. The van der Waals surface area contributed by atoms with E-state index >= 15 is 0 Å². The minimum atomic E-state index is -0.424. The standard InChI is InChI=1S/C32H37N7O2/c1-21-37-38-32(41-21)22-11-13-27(14-12-22)39-17-5-8-26(20-39)35-28-9-2-3-10-29(28)36-30-19-24(15-16-34-30)23-6-4-7-25(18-23)31(33)40/h4,6-7,11-16,18-19,26,28-29,35H,2-3,5,8-10,17,20H2,1H3,(H2,33,40)(H,34,36)/t26-,28+,29+/m0/s1. The summed E-state index contributed by atoms with van der Waals surface area (Å²) in [7, 11) is 0. The van der Waals surface area contributed by atoms with Gasteiger partial charge in [0.1, 0.15) is 5.82 Å². The lowest BCUT2D eigenvalue weighted by molar-refractivity contribution is 0.100. The highest BCUT2D eigenvalue weighted by Gasteiger charge is 2.29. The van der Waals surface area contributed by atoms with Crippen LogP contribution in [0.5, 0.6) is 0 Å². The highest BCUT2D eigenvalue weighted by molar-refractivity contribution is 5.94. The molecule has 4 N–H and O–H groups in total. The summed E-state index contributed by atoms with van der Waals surface area (Å²) in [5, 5.41) is 15.8. The molecule has 212 valence electrons. The van der Waals surface area contributed by atoms with Gasteiger partial charge in [0.15, 0.2) is 0 Å². The Labute approximate surface area is 240 Å². The van der Waals surface area contributed by atoms with Crippen molar-refractivity contribution in [3.05, 3.63) is 78.3 Å². The number of nitrogens with one attached hydrogen (secondary N) is 2. The summed E-state index contributed by atoms with van der Waals surface area (Å²) in [6, 6.07) is 21.0. The highest BCUT2D eigenvalue weighted by atomic mass is 16.4. The zero-order valence-corrected chi connectivity index (χ0v) is 23.4. The number of aryl methyl sites for hydroxylation is 1. The number of carbonyl (C=O) groups excluding carboxylic acids is 1. The molecule has 1 amide bonds. The normalized spacial score (nSPS) is 21.0. The molecule has 41 heavy (non-hydrogen) atoms. The van der Waals surface area contributed by atoms with Crippen LogP contribution >= 0.6 is 0 Å². The molecule has 2 aliphatic rings. The van der Waals surface area contributed by atoms with Crippen LogP contribution in [0, 0.1) is 6.92 Å². The zero-order chi connectivity index (χ0) is 28.2. The molecule has 1 saturated heterocycles. The third-order valence-corrected chi connectivity index (χ3v) is 8.22. The molecule has 0 spiro atoms. The van der Waals surface area contributed by atoms with Crippen LogP contribution < -0.4 is 21.3 Å². The van der Waals surface area contributed by atoms with E-state index in [0.29, 0.717) is 35.5 Å². The molecule has 1 aliphatic heterocycles. The van der Waals surface area contributed by atoms with Crippen molar-refractivity contribution in [3.63, 3.8) is 0 Å². The fraction of sp³-hybridized carbons (Fsp3) is 0.375. The average molecular weight is 552 g/mol. The molecular weight excluding hydrogens is 514 g/mol. The van der Waals surface area contributed by atoms with Crippen LogP contribution in [-0.2, 0) is 0 Å². The van der Waals surface area contributed by atoms with Crippen molar-refractivity contribution in [2.45, 2.75) is 63.6 Å². The van der Waals surface area contributed by atoms with Gasteiger partial charge in [0.25, 0.3) is 0 Å². The molecule has 2 aromatic carbocycles. The Hall–Kier alpha value is -4.24. The molecule has 1 aliphatic carbocycles. The number of piperidine rings is 1. The highest BCUT2D eigenvalue weighted by Crippen LogP contribution is 2.28. The summed E-state index contributed by atoms with van der Waals surface area (Å²) in [6.07, 6.45) is 8.84. The number of anilines is 2. The summed E-state index contributed by atoms with van der Waals surface area (Å²) in [5.41, 5.74) is 10.1. The van der Waals surface area contributed by atoms with Gasteiger partial charge < -0.3 is 25.7 Å². The van der Waals surface area contributed by atoms with Crippen LogP contribution in [0.4, 0.5) is 11.5 Å². The maximum absolute atomic E-state index is 11.7. The number of hydrogen-bond donors (Lipinski definition) is 3. The third-order valence-electron chi connectivity index (χ3n) is 8.22. The number of benzene rings is 2. The van der Waals surface area contributed by atoms with Gasteiger partial charge in [-0.05, 0) is 85.3 Å². The summed E-state index contributed by atoms with van der Waals surface area (Å²) in [5.74, 6) is 1.56. The lowest BCUT2D eigenvalue weighted by atomic mass is 9.89. The van der Waals surface area contributed by atoms with E-state index in [9.17, 15) is 4.79 Å². The fourth-order valence-electron chi connectivity index (χ4n) is 6.11. The Morgan fingerprint density at radius 2 is 1.73 bits per heavy atom. The molecule has 1 saturated carbocycles. The van der Waals surface area contributed by atoms with Crippen LogP contribution in [-0.4, -0.2) is 52.3 Å². The number of carbonyl (C=O) groups is 1. The number of primary amides is 1. The number of nitrogens with zero attached hydrogens (tertiary/aromatic N) is 4. The Bertz CT molecular complexity index is 1490. The molecule has 9 nitrogen and oxygen atoms in total. The average Bonchev–Trinajstić information content (AvgIpc) is 3.45. The quantitative estimate of drug-likeness (QED) is 0.274. The van der Waals surface area contributed by atoms with Gasteiger partial charge in [-0.15, -0.1) is 10.2 Å². The molecule has 3 heterocycles. The van der Waals surface area contributed by atoms with Crippen LogP contribution in [0.2, 0.25) is 0 Å². The zero-order valence-electron chi connectivity index (χ0n) is 23.4. The van der Waals surface area contributed by atoms with Gasteiger partial charge in [-0.25, -0.2) is 4.98 Å². The van der Waals surface area contributed by atoms with Gasteiger partial charge in [0, 0.05) is 61.1 Å². The largest absolute Gasteiger partial charge is 0.421 e. The van der Waals surface area contributed by atoms with E-state index in [-0.39, 0.29) is 0 Å². The van der Waals surface area contributed by atoms with E-state index < -0.39 is 5.91 Å². The molecular formula is C32H37N7O2. The maximum Gasteiger partial charge on any atom is 0.248 e. The number of rotatable bonds is 8. The number of nitrogens with two attached hydrogens (primary N) is 1. The van der Waals surface area contributed by atoms with Crippen molar-refractivity contribution in [2.75, 3.05) is 23.3 Å². The van der Waals surface area contributed by atoms with Crippen LogP contribution in [0.3, 0.4) is 0 Å². The third kappa shape index (κ3) is 6.41. The second-order valence-electron chi connectivity index (χ2n) is 11.1. The first-order chi connectivity index (χ1) is 20.0. The first-order valence-electron chi connectivity index (χ1n) is 14.6. The Balaban J connectivity index is 1.10. The smallest absolute Gasteiger partial charge is 0.248 e. The van der Waals surface area contributed by atoms with Gasteiger partial charge in [-0.2, -0.15) is 0 Å². The molecule has 6 rings (SSSR count). The Morgan fingerprint density at radius 3 is 2.51 bits per heavy atom. The van der Waals surface area contributed by atoms with Gasteiger partial charge in [-0.1, -0.05) is 25.0 Å². The van der Waals surface area contributed by atoms with E-state index in [1.165, 1.54) is 24.9 Å². The van der Waals surface area contributed by atoms with Crippen molar-refractivity contribution in [1.82, 2.24) is 20.5 Å². The van der Waals surface area contributed by atoms with E-state index in [1.807, 2.05) is 30.5 Å². The molecule has 2 fully saturated rings. The predicted octanol–water partition coefficient (Wildman–Crippen LogP) is 5.19. The second-order valence-corrected chi connectivity index (χ2v) is 11.1. The summed E-state index contributed by atoms with van der Waals surface area (Å²) in [6.45, 7) is 3.84. The lowest BCUT2D eigenvalue weighted by Crippen LogP contribution is -2.54. The SMILES string of the molecule is Cc1nnc(-c2ccc(N3CCC[C@H](N[C@@H]4CCCC[C@H]4Nc4cc(-c5cccc(C(N)=O)c5)ccn4)C3)cc2)o1. The minimum absolute atomic E-state index is 0.302. The van der Waals surface area contributed by atoms with Crippen molar-refractivity contribution in [2.24, 2.45) is 5.73 Å². The van der Waals surface area contributed by atoms with Gasteiger partial charge in [0.05, 0.1) is 0 Å². The maximum atomic E-state index is 11.7. The number of pyridine rings is 1. The van der Waals surface area contributed by atoms with E-state index in [4.69, 9.17) is 10.2 Å². The molecule has 0 bridgehead atoms. The molecule has 9 heteroatoms. The number of aromatic nitrogens is 3. The van der Waals surface area contributed by atoms with Crippen LogP contribution in [0.25, 0.3) is 22.6 Å². The summed E-state index contributed by atoms with van der Waals surface area (Å²) < 4.78 is 5.58. The Kier molecular flexibility index (Phi) is 7.95. The van der Waals surface area contributed by atoms with Gasteiger partial charge >= 0.3 is 0 Å². The van der Waals surface area contributed by atoms with Gasteiger partial charge in [0.2, 0.25) is 17.7 Å². The molecule has 2 aromatic heterocycles. The van der Waals surface area contributed by atoms with Crippen LogP contribution in [0.1, 0.15) is 54.8 Å². The van der Waals surface area contributed by atoms with Crippen molar-refractivity contribution < 1.29 is 9.21 Å². The molecule has 4 aromatic rings. The molecule has 0 radical (unpaired) electrons. The van der Waals surface area contributed by atoms with Crippen molar-refractivity contribution >= 4 is 17.4 Å². The molecule has 0 unspecified atom stereocenters. The van der Waals surface area contributed by atoms with E-state index in [2.05, 4.69) is 61.0 Å². The summed E-state index contributed by atoms with van der Waals surface area (Å²) in [4.78, 5) is 18.8. The number of amides is 1. The lowest BCUT2D eigenvalue weighted by Gasteiger charge is -2.40. The summed E-state index contributed by atoms with van der Waals surface area (Å²) >= 11 is 0. The first kappa shape index (κ1) is 27.0. The van der Waals surface area contributed by atoms with Crippen molar-refractivity contribution in [1.29, 1.82) is 0 Å². The van der Waals surface area contributed by atoms with Gasteiger partial charge in [-0.3, -0.25) is 4.79 Å². The van der Waals surface area contributed by atoms with Crippen LogP contribution in [0.15, 0.2) is 71.3 Å². The fourth-order valence-corrected chi connectivity index (χ4v) is 6.11. The topological polar surface area (TPSA) is 122 Å².